The molecule has 0 saturated heterocycles. The van der Waals surface area contributed by atoms with Gasteiger partial charge in [-0.3, -0.25) is 14.4 Å². The zero-order chi connectivity index (χ0) is 29.7. The van der Waals surface area contributed by atoms with Crippen LogP contribution < -0.4 is 15.2 Å². The standard InChI is InChI=1S/C29H45NO9/c1-8-17(4)13-24(31)38-22-12-11-21(15-23(22)39-25(32)14-18(5)9-2)26(27(30)28(33)34)19(6)16-36-29(35)37-20(7)10-3/h11-12,15,17-20,26-27H,8-10,13-14,16,30H2,1-7H3,(H,33,34)/t17?,18?,19?,20?,26?,27-/m0/s1. The molecule has 0 amide bonds. The summed E-state index contributed by atoms with van der Waals surface area (Å²) in [5, 5.41) is 9.70. The Labute approximate surface area is 231 Å². The van der Waals surface area contributed by atoms with Crippen molar-refractivity contribution in [2.75, 3.05) is 6.61 Å². The molecule has 0 aliphatic heterocycles. The summed E-state index contributed by atoms with van der Waals surface area (Å²) in [6, 6.07) is 3.13. The van der Waals surface area contributed by atoms with Crippen molar-refractivity contribution in [1.29, 1.82) is 0 Å². The lowest BCUT2D eigenvalue weighted by molar-refractivity contribution is -0.139. The smallest absolute Gasteiger partial charge is 0.480 e. The van der Waals surface area contributed by atoms with Crippen LogP contribution in [-0.4, -0.2) is 47.9 Å². The van der Waals surface area contributed by atoms with Crippen LogP contribution in [0.2, 0.25) is 0 Å². The molecule has 220 valence electrons. The van der Waals surface area contributed by atoms with E-state index in [1.54, 1.807) is 19.9 Å². The number of rotatable bonds is 16. The third-order valence-electron chi connectivity index (χ3n) is 6.85. The fourth-order valence-corrected chi connectivity index (χ4v) is 3.71. The van der Waals surface area contributed by atoms with Crippen LogP contribution in [0.1, 0.15) is 92.1 Å². The summed E-state index contributed by atoms with van der Waals surface area (Å²) in [4.78, 5) is 49.0. The van der Waals surface area contributed by atoms with Gasteiger partial charge in [-0.15, -0.1) is 0 Å². The van der Waals surface area contributed by atoms with Crippen molar-refractivity contribution in [1.82, 2.24) is 0 Å². The minimum Gasteiger partial charge on any atom is -0.480 e. The second-order valence-corrected chi connectivity index (χ2v) is 10.4. The number of carbonyl (C=O) groups is 4. The molecule has 0 heterocycles. The summed E-state index contributed by atoms with van der Waals surface area (Å²) in [7, 11) is 0. The second kappa shape index (κ2) is 16.7. The molecular formula is C29H45NO9. The Balaban J connectivity index is 3.34. The first kappa shape index (κ1) is 33.9. The van der Waals surface area contributed by atoms with E-state index < -0.39 is 41.9 Å². The van der Waals surface area contributed by atoms with Gasteiger partial charge in [-0.1, -0.05) is 60.5 Å². The van der Waals surface area contributed by atoms with Crippen molar-refractivity contribution in [2.45, 2.75) is 98.6 Å². The van der Waals surface area contributed by atoms with Crippen LogP contribution in [0.5, 0.6) is 11.5 Å². The quantitative estimate of drug-likeness (QED) is 0.200. The maximum absolute atomic E-state index is 12.6. The van der Waals surface area contributed by atoms with E-state index in [0.717, 1.165) is 12.8 Å². The molecule has 0 aliphatic rings. The van der Waals surface area contributed by atoms with E-state index in [-0.39, 0.29) is 48.9 Å². The molecule has 0 spiro atoms. The first-order chi connectivity index (χ1) is 18.3. The molecule has 0 aliphatic carbocycles. The number of benzene rings is 1. The van der Waals surface area contributed by atoms with Gasteiger partial charge in [0.15, 0.2) is 11.5 Å². The lowest BCUT2D eigenvalue weighted by Crippen LogP contribution is -2.40. The van der Waals surface area contributed by atoms with E-state index in [9.17, 15) is 24.3 Å². The molecule has 39 heavy (non-hydrogen) atoms. The lowest BCUT2D eigenvalue weighted by Gasteiger charge is -2.28. The Hall–Kier alpha value is -3.14. The van der Waals surface area contributed by atoms with Gasteiger partial charge in [-0.25, -0.2) is 4.79 Å². The number of hydrogen-bond acceptors (Lipinski definition) is 9. The Kier molecular flexibility index (Phi) is 14.5. The van der Waals surface area contributed by atoms with Crippen molar-refractivity contribution < 1.29 is 43.2 Å². The van der Waals surface area contributed by atoms with Crippen molar-refractivity contribution >= 4 is 24.1 Å². The fourth-order valence-electron chi connectivity index (χ4n) is 3.71. The van der Waals surface area contributed by atoms with Crippen LogP contribution in [0, 0.1) is 17.8 Å². The van der Waals surface area contributed by atoms with Crippen LogP contribution in [-0.2, 0) is 23.9 Å². The molecule has 10 heteroatoms. The summed E-state index contributed by atoms with van der Waals surface area (Å²) in [5.74, 6) is -3.40. The molecule has 0 aromatic heterocycles. The Bertz CT molecular complexity index is 964. The minimum atomic E-state index is -1.36. The summed E-state index contributed by atoms with van der Waals surface area (Å²) < 4.78 is 21.5. The number of ether oxygens (including phenoxy) is 4. The van der Waals surface area contributed by atoms with Gasteiger partial charge < -0.3 is 29.8 Å². The van der Waals surface area contributed by atoms with E-state index in [4.69, 9.17) is 24.7 Å². The Morgan fingerprint density at radius 1 is 0.846 bits per heavy atom. The molecule has 0 bridgehead atoms. The highest BCUT2D eigenvalue weighted by Gasteiger charge is 2.33. The summed E-state index contributed by atoms with van der Waals surface area (Å²) in [6.45, 7) is 12.9. The summed E-state index contributed by atoms with van der Waals surface area (Å²) in [6.07, 6.45) is 1.34. The van der Waals surface area contributed by atoms with Crippen LogP contribution in [0.15, 0.2) is 18.2 Å². The number of esters is 2. The number of nitrogens with two attached hydrogens (primary N) is 1. The number of carboxylic acid groups (broad SMARTS) is 1. The fraction of sp³-hybridized carbons (Fsp3) is 0.655. The summed E-state index contributed by atoms with van der Waals surface area (Å²) in [5.41, 5.74) is 6.48. The molecular weight excluding hydrogens is 506 g/mol. The van der Waals surface area contributed by atoms with E-state index in [2.05, 4.69) is 0 Å². The predicted molar refractivity (Wildman–Crippen MR) is 146 cm³/mol. The molecule has 10 nitrogen and oxygen atoms in total. The minimum absolute atomic E-state index is 0.00908. The number of carbonyl (C=O) groups excluding carboxylic acids is 3. The van der Waals surface area contributed by atoms with Gasteiger partial charge in [0.25, 0.3) is 0 Å². The highest BCUT2D eigenvalue weighted by Crippen LogP contribution is 2.36. The maximum Gasteiger partial charge on any atom is 0.508 e. The first-order valence-electron chi connectivity index (χ1n) is 13.7. The van der Waals surface area contributed by atoms with Gasteiger partial charge in [0.05, 0.1) is 6.61 Å². The van der Waals surface area contributed by atoms with Crippen molar-refractivity contribution in [2.24, 2.45) is 23.5 Å². The summed E-state index contributed by atoms with van der Waals surface area (Å²) >= 11 is 0. The molecule has 6 atom stereocenters. The van der Waals surface area contributed by atoms with Crippen molar-refractivity contribution in [3.05, 3.63) is 23.8 Å². The van der Waals surface area contributed by atoms with Gasteiger partial charge >= 0.3 is 24.1 Å². The van der Waals surface area contributed by atoms with Gasteiger partial charge in [0.2, 0.25) is 0 Å². The second-order valence-electron chi connectivity index (χ2n) is 10.4. The van der Waals surface area contributed by atoms with Crippen LogP contribution in [0.25, 0.3) is 0 Å². The van der Waals surface area contributed by atoms with Crippen LogP contribution in [0.3, 0.4) is 0 Å². The lowest BCUT2D eigenvalue weighted by atomic mass is 9.82. The zero-order valence-electron chi connectivity index (χ0n) is 24.2. The van der Waals surface area contributed by atoms with Crippen LogP contribution >= 0.6 is 0 Å². The highest BCUT2D eigenvalue weighted by atomic mass is 16.7. The van der Waals surface area contributed by atoms with Gasteiger partial charge in [0, 0.05) is 18.8 Å². The van der Waals surface area contributed by atoms with Gasteiger partial charge in [-0.2, -0.15) is 0 Å². The van der Waals surface area contributed by atoms with Crippen molar-refractivity contribution in [3.8, 4) is 11.5 Å². The number of aliphatic carboxylic acids is 1. The van der Waals surface area contributed by atoms with E-state index in [1.165, 1.54) is 12.1 Å². The van der Waals surface area contributed by atoms with E-state index in [0.29, 0.717) is 12.0 Å². The monoisotopic (exact) mass is 551 g/mol. The first-order valence-corrected chi connectivity index (χ1v) is 13.7. The Morgan fingerprint density at radius 3 is 1.87 bits per heavy atom. The topological polar surface area (TPSA) is 151 Å². The maximum atomic E-state index is 12.6. The molecule has 1 aromatic carbocycles. The molecule has 1 aromatic rings. The van der Waals surface area contributed by atoms with Crippen molar-refractivity contribution in [3.63, 3.8) is 0 Å². The zero-order valence-corrected chi connectivity index (χ0v) is 24.2. The SMILES string of the molecule is CCC(C)CC(=O)Oc1ccc(C(C(C)COC(=O)OC(C)CC)[C@H](N)C(=O)O)cc1OC(=O)CC(C)CC. The van der Waals surface area contributed by atoms with Gasteiger partial charge in [0.1, 0.15) is 12.1 Å². The Morgan fingerprint density at radius 2 is 1.38 bits per heavy atom. The van der Waals surface area contributed by atoms with Gasteiger partial charge in [-0.05, 0) is 48.8 Å². The molecule has 0 radical (unpaired) electrons. The highest BCUT2D eigenvalue weighted by molar-refractivity contribution is 5.77. The average Bonchev–Trinajstić information content (AvgIpc) is 2.88. The predicted octanol–water partition coefficient (Wildman–Crippen LogP) is 5.45. The molecule has 0 saturated carbocycles. The third kappa shape index (κ3) is 11.6. The normalized spacial score (nSPS) is 15.7. The molecule has 5 unspecified atom stereocenters. The molecule has 3 N–H and O–H groups in total. The molecule has 1 rings (SSSR count). The third-order valence-corrected chi connectivity index (χ3v) is 6.85. The average molecular weight is 552 g/mol. The number of carboxylic acids is 1. The largest absolute Gasteiger partial charge is 0.508 e. The van der Waals surface area contributed by atoms with E-state index >= 15 is 0 Å². The van der Waals surface area contributed by atoms with E-state index in [1.807, 2.05) is 34.6 Å². The van der Waals surface area contributed by atoms with Crippen LogP contribution in [0.4, 0.5) is 4.79 Å². The molecule has 0 fully saturated rings. The number of hydrogen-bond donors (Lipinski definition) is 2.